The molecule has 0 spiro atoms. The monoisotopic (exact) mass is 290 g/mol. The molecule has 0 aromatic carbocycles. The lowest BCUT2D eigenvalue weighted by Gasteiger charge is -2.15. The van der Waals surface area contributed by atoms with Crippen molar-refractivity contribution in [3.63, 3.8) is 0 Å². The summed E-state index contributed by atoms with van der Waals surface area (Å²) in [6.07, 6.45) is 2.53. The smallest absolute Gasteiger partial charge is 0.234 e. The van der Waals surface area contributed by atoms with Crippen LogP contribution in [0.15, 0.2) is 6.07 Å². The van der Waals surface area contributed by atoms with Gasteiger partial charge < -0.3 is 10.2 Å². The second-order valence-corrected chi connectivity index (χ2v) is 4.96. The van der Waals surface area contributed by atoms with Gasteiger partial charge in [0.2, 0.25) is 5.88 Å². The normalized spacial score (nSPS) is 15.9. The molecule has 0 saturated carbocycles. The van der Waals surface area contributed by atoms with Crippen LogP contribution in [-0.2, 0) is 0 Å². The van der Waals surface area contributed by atoms with Crippen molar-refractivity contribution in [3.8, 4) is 5.88 Å². The maximum atomic E-state index is 6.00. The SMILES string of the molecule is NNc1nc(OCCN2CCCC2)c(Cl)cc1Cl. The molecule has 1 aromatic rings. The number of hydrogen-bond acceptors (Lipinski definition) is 5. The number of ether oxygens (including phenoxy) is 1. The number of nitrogen functional groups attached to an aromatic ring is 1. The van der Waals surface area contributed by atoms with Gasteiger partial charge in [0.1, 0.15) is 11.6 Å². The fraction of sp³-hybridized carbons (Fsp3) is 0.545. The highest BCUT2D eigenvalue weighted by atomic mass is 35.5. The van der Waals surface area contributed by atoms with E-state index in [4.69, 9.17) is 33.8 Å². The molecule has 2 rings (SSSR count). The molecule has 5 nitrogen and oxygen atoms in total. The molecule has 100 valence electrons. The Hall–Kier alpha value is -0.750. The topological polar surface area (TPSA) is 63.4 Å². The van der Waals surface area contributed by atoms with E-state index in [0.717, 1.165) is 19.6 Å². The first-order valence-corrected chi connectivity index (χ1v) is 6.64. The summed E-state index contributed by atoms with van der Waals surface area (Å²) in [6.45, 7) is 3.71. The second kappa shape index (κ2) is 6.43. The van der Waals surface area contributed by atoms with Crippen LogP contribution >= 0.6 is 23.2 Å². The first kappa shape index (κ1) is 13.7. The zero-order valence-corrected chi connectivity index (χ0v) is 11.5. The van der Waals surface area contributed by atoms with Crippen LogP contribution in [0.3, 0.4) is 0 Å². The summed E-state index contributed by atoms with van der Waals surface area (Å²) in [5.74, 6) is 6.01. The van der Waals surface area contributed by atoms with Crippen LogP contribution in [0.1, 0.15) is 12.8 Å². The van der Waals surface area contributed by atoms with Gasteiger partial charge in [-0.25, -0.2) is 5.84 Å². The molecule has 1 aromatic heterocycles. The molecule has 0 radical (unpaired) electrons. The minimum atomic E-state index is 0.355. The van der Waals surface area contributed by atoms with Crippen LogP contribution in [0.4, 0.5) is 5.82 Å². The summed E-state index contributed by atoms with van der Waals surface area (Å²) >= 11 is 11.9. The zero-order chi connectivity index (χ0) is 13.0. The predicted octanol–water partition coefficient (Wildman–Crippen LogP) is 2.15. The van der Waals surface area contributed by atoms with E-state index >= 15 is 0 Å². The summed E-state index contributed by atoms with van der Waals surface area (Å²) in [4.78, 5) is 6.47. The van der Waals surface area contributed by atoms with E-state index in [2.05, 4.69) is 15.3 Å². The zero-order valence-electron chi connectivity index (χ0n) is 9.96. The summed E-state index contributed by atoms with van der Waals surface area (Å²) in [7, 11) is 0. The third-order valence-corrected chi connectivity index (χ3v) is 3.44. The average Bonchev–Trinajstić information content (AvgIpc) is 2.85. The Bertz CT molecular complexity index is 410. The Labute approximate surface area is 116 Å². The van der Waals surface area contributed by atoms with E-state index in [1.54, 1.807) is 6.07 Å². The van der Waals surface area contributed by atoms with Gasteiger partial charge in [-0.2, -0.15) is 4.98 Å². The maximum absolute atomic E-state index is 6.00. The molecule has 0 unspecified atom stereocenters. The lowest BCUT2D eigenvalue weighted by Crippen LogP contribution is -2.25. The van der Waals surface area contributed by atoms with Crippen molar-refractivity contribution in [2.24, 2.45) is 5.84 Å². The van der Waals surface area contributed by atoms with Crippen molar-refractivity contribution in [3.05, 3.63) is 16.1 Å². The highest BCUT2D eigenvalue weighted by Crippen LogP contribution is 2.30. The molecular weight excluding hydrogens is 275 g/mol. The number of hydrazine groups is 1. The third kappa shape index (κ3) is 3.38. The maximum Gasteiger partial charge on any atom is 0.234 e. The summed E-state index contributed by atoms with van der Waals surface area (Å²) in [5.41, 5.74) is 2.40. The first-order valence-electron chi connectivity index (χ1n) is 5.88. The van der Waals surface area contributed by atoms with Crippen molar-refractivity contribution in [1.29, 1.82) is 0 Å². The fourth-order valence-electron chi connectivity index (χ4n) is 1.93. The van der Waals surface area contributed by atoms with Gasteiger partial charge in [0, 0.05) is 6.54 Å². The Balaban J connectivity index is 1.91. The number of rotatable bonds is 5. The van der Waals surface area contributed by atoms with Gasteiger partial charge in [0.25, 0.3) is 0 Å². The van der Waals surface area contributed by atoms with Gasteiger partial charge in [-0.05, 0) is 32.0 Å². The van der Waals surface area contributed by atoms with E-state index in [9.17, 15) is 0 Å². The molecule has 7 heteroatoms. The minimum Gasteiger partial charge on any atom is -0.475 e. The Kier molecular flexibility index (Phi) is 4.88. The molecule has 1 saturated heterocycles. The van der Waals surface area contributed by atoms with Crippen LogP contribution < -0.4 is 16.0 Å². The summed E-state index contributed by atoms with van der Waals surface area (Å²) < 4.78 is 5.56. The first-order chi connectivity index (χ1) is 8.70. The van der Waals surface area contributed by atoms with Crippen molar-refractivity contribution in [2.75, 3.05) is 31.7 Å². The molecule has 0 amide bonds. The Morgan fingerprint density at radius 3 is 2.72 bits per heavy atom. The van der Waals surface area contributed by atoms with Gasteiger partial charge in [0.05, 0.1) is 5.02 Å². The largest absolute Gasteiger partial charge is 0.475 e. The van der Waals surface area contributed by atoms with Crippen LogP contribution in [0.5, 0.6) is 5.88 Å². The van der Waals surface area contributed by atoms with Crippen LogP contribution in [0.25, 0.3) is 0 Å². The van der Waals surface area contributed by atoms with E-state index in [1.807, 2.05) is 0 Å². The van der Waals surface area contributed by atoms with Crippen LogP contribution in [0, 0.1) is 0 Å². The number of hydrogen-bond donors (Lipinski definition) is 2. The standard InChI is InChI=1S/C11H16Cl2N4O/c12-8-7-9(13)11(15-10(8)16-14)18-6-5-17-3-1-2-4-17/h7H,1-6,14H2,(H,15,16). The van der Waals surface area contributed by atoms with Gasteiger partial charge in [-0.3, -0.25) is 4.90 Å². The van der Waals surface area contributed by atoms with Crippen molar-refractivity contribution < 1.29 is 4.74 Å². The quantitative estimate of drug-likeness (QED) is 0.643. The second-order valence-electron chi connectivity index (χ2n) is 4.15. The predicted molar refractivity (Wildman–Crippen MR) is 73.2 cm³/mol. The van der Waals surface area contributed by atoms with E-state index in [-0.39, 0.29) is 0 Å². The number of anilines is 1. The van der Waals surface area contributed by atoms with Gasteiger partial charge in [-0.1, -0.05) is 23.2 Å². The number of nitrogens with two attached hydrogens (primary N) is 1. The number of pyridine rings is 1. The molecule has 3 N–H and O–H groups in total. The lowest BCUT2D eigenvalue weighted by molar-refractivity contribution is 0.232. The molecule has 0 aliphatic carbocycles. The summed E-state index contributed by atoms with van der Waals surface area (Å²) in [5, 5.41) is 0.759. The lowest BCUT2D eigenvalue weighted by atomic mass is 10.4. The molecule has 0 atom stereocenters. The summed E-state index contributed by atoms with van der Waals surface area (Å²) in [6, 6.07) is 1.57. The Morgan fingerprint density at radius 2 is 2.06 bits per heavy atom. The third-order valence-electron chi connectivity index (χ3n) is 2.88. The number of aromatic nitrogens is 1. The average molecular weight is 291 g/mol. The molecule has 1 aliphatic rings. The number of nitrogens with one attached hydrogen (secondary N) is 1. The molecule has 1 fully saturated rings. The number of halogens is 2. The van der Waals surface area contributed by atoms with E-state index < -0.39 is 0 Å². The molecule has 1 aliphatic heterocycles. The van der Waals surface area contributed by atoms with Crippen LogP contribution in [-0.4, -0.2) is 36.1 Å². The highest BCUT2D eigenvalue weighted by molar-refractivity contribution is 6.36. The molecular formula is C11H16Cl2N4O. The van der Waals surface area contributed by atoms with Crippen molar-refractivity contribution >= 4 is 29.0 Å². The van der Waals surface area contributed by atoms with Crippen molar-refractivity contribution in [2.45, 2.75) is 12.8 Å². The van der Waals surface area contributed by atoms with Gasteiger partial charge in [0.15, 0.2) is 5.82 Å². The van der Waals surface area contributed by atoms with Gasteiger partial charge >= 0.3 is 0 Å². The molecule has 0 bridgehead atoms. The fourth-order valence-corrected chi connectivity index (χ4v) is 2.40. The Morgan fingerprint density at radius 1 is 1.33 bits per heavy atom. The molecule has 2 heterocycles. The van der Waals surface area contributed by atoms with E-state index in [0.29, 0.717) is 28.3 Å². The van der Waals surface area contributed by atoms with Gasteiger partial charge in [-0.15, -0.1) is 0 Å². The highest BCUT2D eigenvalue weighted by Gasteiger charge is 2.13. The van der Waals surface area contributed by atoms with E-state index in [1.165, 1.54) is 12.8 Å². The number of likely N-dealkylation sites (tertiary alicyclic amines) is 1. The number of nitrogens with zero attached hydrogens (tertiary/aromatic N) is 2. The van der Waals surface area contributed by atoms with Crippen LogP contribution in [0.2, 0.25) is 10.0 Å². The molecule has 18 heavy (non-hydrogen) atoms. The minimum absolute atomic E-state index is 0.355. The van der Waals surface area contributed by atoms with Crippen molar-refractivity contribution in [1.82, 2.24) is 9.88 Å².